The van der Waals surface area contributed by atoms with Crippen LogP contribution >= 0.6 is 11.3 Å². The van der Waals surface area contributed by atoms with Crippen LogP contribution in [0.5, 0.6) is 0 Å². The van der Waals surface area contributed by atoms with Gasteiger partial charge in [-0.15, -0.1) is 16.4 Å². The normalized spacial score (nSPS) is 11.1. The number of aromatic nitrogens is 3. The smallest absolute Gasteiger partial charge is 0.315 e. The first-order valence-electron chi connectivity index (χ1n) is 6.74. The highest BCUT2D eigenvalue weighted by atomic mass is 32.1. The quantitative estimate of drug-likeness (QED) is 0.754. The maximum atomic E-state index is 5.43. The molecule has 0 amide bonds. The van der Waals surface area contributed by atoms with Crippen molar-refractivity contribution in [3.05, 3.63) is 34.7 Å². The molecule has 0 unspecified atom stereocenters. The third-order valence-corrected chi connectivity index (χ3v) is 3.83. The molecule has 0 aliphatic heterocycles. The molecule has 7 heteroatoms. The van der Waals surface area contributed by atoms with Crippen LogP contribution in [0.1, 0.15) is 23.4 Å². The fourth-order valence-corrected chi connectivity index (χ4v) is 2.84. The van der Waals surface area contributed by atoms with E-state index in [1.165, 1.54) is 4.70 Å². The summed E-state index contributed by atoms with van der Waals surface area (Å²) >= 11 is 1.69. The maximum Gasteiger partial charge on any atom is 0.315 e. The lowest BCUT2D eigenvalue weighted by Gasteiger charge is -2.01. The van der Waals surface area contributed by atoms with Crippen LogP contribution in [0.25, 0.3) is 10.2 Å². The number of benzene rings is 1. The van der Waals surface area contributed by atoms with Crippen LogP contribution < -0.4 is 5.32 Å². The van der Waals surface area contributed by atoms with E-state index < -0.39 is 0 Å². The van der Waals surface area contributed by atoms with Gasteiger partial charge in [0.15, 0.2) is 0 Å². The van der Waals surface area contributed by atoms with Crippen molar-refractivity contribution in [1.29, 1.82) is 0 Å². The minimum absolute atomic E-state index is 0.345. The van der Waals surface area contributed by atoms with Gasteiger partial charge in [0.25, 0.3) is 0 Å². The molecule has 2 aromatic heterocycles. The summed E-state index contributed by atoms with van der Waals surface area (Å²) in [5.74, 6) is 0.480. The number of anilines is 1. The van der Waals surface area contributed by atoms with Gasteiger partial charge in [-0.05, 0) is 31.5 Å². The number of nitrogens with one attached hydrogen (secondary N) is 1. The summed E-state index contributed by atoms with van der Waals surface area (Å²) in [5, 5.41) is 12.0. The second-order valence-corrected chi connectivity index (χ2v) is 5.76. The third-order valence-electron chi connectivity index (χ3n) is 2.90. The molecular formula is C14H16N4O2S. The molecule has 0 atom stereocenters. The van der Waals surface area contributed by atoms with Gasteiger partial charge in [0.1, 0.15) is 6.61 Å². The summed E-state index contributed by atoms with van der Waals surface area (Å²) in [4.78, 5) is 4.45. The third kappa shape index (κ3) is 3.37. The lowest BCUT2D eigenvalue weighted by atomic mass is 10.2. The molecule has 110 valence electrons. The van der Waals surface area contributed by atoms with Gasteiger partial charge in [-0.1, -0.05) is 11.2 Å². The topological polar surface area (TPSA) is 73.1 Å². The van der Waals surface area contributed by atoms with Gasteiger partial charge in [0, 0.05) is 13.2 Å². The van der Waals surface area contributed by atoms with Crippen LogP contribution in [0.3, 0.4) is 0 Å². The lowest BCUT2D eigenvalue weighted by molar-refractivity contribution is 0.115. The van der Waals surface area contributed by atoms with Crippen LogP contribution in [0.2, 0.25) is 0 Å². The second-order valence-electron chi connectivity index (χ2n) is 4.53. The summed E-state index contributed by atoms with van der Waals surface area (Å²) in [5.41, 5.74) is 2.19. The van der Waals surface area contributed by atoms with Gasteiger partial charge in [0.05, 0.1) is 15.2 Å². The van der Waals surface area contributed by atoms with Crippen LogP contribution in [-0.2, 0) is 17.9 Å². The fourth-order valence-electron chi connectivity index (χ4n) is 1.94. The monoisotopic (exact) mass is 304 g/mol. The number of hydrogen-bond donors (Lipinski definition) is 1. The Balaban J connectivity index is 1.64. The molecule has 1 N–H and O–H groups in total. The molecule has 0 saturated heterocycles. The molecule has 1 aromatic carbocycles. The maximum absolute atomic E-state index is 5.43. The van der Waals surface area contributed by atoms with E-state index in [1.807, 2.05) is 26.0 Å². The Labute approximate surface area is 126 Å². The van der Waals surface area contributed by atoms with Crippen molar-refractivity contribution in [3.8, 4) is 0 Å². The molecule has 0 bridgehead atoms. The molecule has 3 aromatic rings. The van der Waals surface area contributed by atoms with Gasteiger partial charge < -0.3 is 14.5 Å². The van der Waals surface area contributed by atoms with Crippen LogP contribution in [0, 0.1) is 6.92 Å². The van der Waals surface area contributed by atoms with Gasteiger partial charge in [0.2, 0.25) is 5.89 Å². The van der Waals surface area contributed by atoms with Crippen molar-refractivity contribution in [2.75, 3.05) is 11.9 Å². The molecule has 0 fully saturated rings. The van der Waals surface area contributed by atoms with E-state index in [4.69, 9.17) is 9.15 Å². The first-order valence-corrected chi connectivity index (χ1v) is 7.56. The van der Waals surface area contributed by atoms with Crippen LogP contribution in [0.15, 0.2) is 22.6 Å². The number of fused-ring (bicyclic) bond motifs is 1. The zero-order chi connectivity index (χ0) is 14.7. The van der Waals surface area contributed by atoms with E-state index in [0.717, 1.165) is 16.1 Å². The number of thiazole rings is 1. The van der Waals surface area contributed by atoms with Crippen molar-refractivity contribution in [1.82, 2.24) is 15.2 Å². The number of rotatable bonds is 6. The van der Waals surface area contributed by atoms with E-state index in [0.29, 0.717) is 31.7 Å². The lowest BCUT2D eigenvalue weighted by Crippen LogP contribution is -1.99. The first-order chi connectivity index (χ1) is 10.2. The van der Waals surface area contributed by atoms with Crippen LogP contribution in [0.4, 0.5) is 6.01 Å². The predicted molar refractivity (Wildman–Crippen MR) is 81.3 cm³/mol. The fraction of sp³-hybridized carbons (Fsp3) is 0.357. The van der Waals surface area contributed by atoms with Crippen molar-refractivity contribution in [2.24, 2.45) is 0 Å². The van der Waals surface area contributed by atoms with Crippen molar-refractivity contribution in [3.63, 3.8) is 0 Å². The van der Waals surface area contributed by atoms with Crippen molar-refractivity contribution in [2.45, 2.75) is 27.0 Å². The highest BCUT2D eigenvalue weighted by Crippen LogP contribution is 2.23. The number of nitrogens with zero attached hydrogens (tertiary/aromatic N) is 3. The molecule has 2 heterocycles. The van der Waals surface area contributed by atoms with E-state index in [-0.39, 0.29) is 0 Å². The minimum atomic E-state index is 0.345. The molecular weight excluding hydrogens is 288 g/mol. The van der Waals surface area contributed by atoms with Crippen LogP contribution in [-0.4, -0.2) is 21.8 Å². The van der Waals surface area contributed by atoms with E-state index in [1.54, 1.807) is 11.3 Å². The van der Waals surface area contributed by atoms with Gasteiger partial charge in [-0.2, -0.15) is 0 Å². The molecule has 3 rings (SSSR count). The summed E-state index contributed by atoms with van der Waals surface area (Å²) in [6.45, 7) is 5.54. The van der Waals surface area contributed by atoms with Gasteiger partial charge in [-0.3, -0.25) is 0 Å². The highest BCUT2D eigenvalue weighted by molar-refractivity contribution is 7.18. The summed E-state index contributed by atoms with van der Waals surface area (Å²) in [7, 11) is 0. The average molecular weight is 304 g/mol. The Morgan fingerprint density at radius 3 is 3.10 bits per heavy atom. The minimum Gasteiger partial charge on any atom is -0.406 e. The Kier molecular flexibility index (Phi) is 4.12. The number of aryl methyl sites for hydroxylation is 1. The standard InChI is InChI=1S/C14H16N4O2S/c1-3-19-8-13-17-18-14(20-13)15-7-10-4-5-11-12(6-10)21-9(2)16-11/h4-6H,3,7-8H2,1-2H3,(H,15,18). The first kappa shape index (κ1) is 14.0. The highest BCUT2D eigenvalue weighted by Gasteiger charge is 2.06. The van der Waals surface area contributed by atoms with E-state index in [9.17, 15) is 0 Å². The number of hydrogen-bond acceptors (Lipinski definition) is 7. The zero-order valence-corrected chi connectivity index (χ0v) is 12.7. The summed E-state index contributed by atoms with van der Waals surface area (Å²) < 4.78 is 11.8. The summed E-state index contributed by atoms with van der Waals surface area (Å²) in [6, 6.07) is 6.62. The molecule has 0 spiro atoms. The predicted octanol–water partition coefficient (Wildman–Crippen LogP) is 3.14. The molecule has 0 saturated carbocycles. The molecule has 21 heavy (non-hydrogen) atoms. The molecule has 0 radical (unpaired) electrons. The van der Waals surface area contributed by atoms with Gasteiger partial charge >= 0.3 is 6.01 Å². The van der Waals surface area contributed by atoms with E-state index in [2.05, 4.69) is 26.6 Å². The Bertz CT molecular complexity index is 737. The molecule has 0 aliphatic carbocycles. The molecule has 0 aliphatic rings. The van der Waals surface area contributed by atoms with Gasteiger partial charge in [-0.25, -0.2) is 4.98 Å². The largest absolute Gasteiger partial charge is 0.406 e. The average Bonchev–Trinajstić information content (AvgIpc) is 3.07. The Hall–Kier alpha value is -1.99. The van der Waals surface area contributed by atoms with Crippen molar-refractivity contribution < 1.29 is 9.15 Å². The Morgan fingerprint density at radius 2 is 2.24 bits per heavy atom. The van der Waals surface area contributed by atoms with Crippen molar-refractivity contribution >= 4 is 27.6 Å². The summed E-state index contributed by atoms with van der Waals surface area (Å²) in [6.07, 6.45) is 0. The second kappa shape index (κ2) is 6.19. The zero-order valence-electron chi connectivity index (χ0n) is 11.9. The Morgan fingerprint density at radius 1 is 1.33 bits per heavy atom. The number of ether oxygens (including phenoxy) is 1. The van der Waals surface area contributed by atoms with E-state index >= 15 is 0 Å². The molecule has 6 nitrogen and oxygen atoms in total. The SMILES string of the molecule is CCOCc1nnc(NCc2ccc3nc(C)sc3c2)o1.